The molecule has 2 heterocycles. The Bertz CT molecular complexity index is 755. The van der Waals surface area contributed by atoms with Gasteiger partial charge in [-0.1, -0.05) is 32.0 Å². The first kappa shape index (κ1) is 19.4. The standard InChI is InChI=1S/C20H27N5OS/c1-3-11-21-20(27)24-19-22-17(25-12-7-8-15(2)14-25)13-18(23-19)26-16-9-5-4-6-10-16/h4-6,9-10,13,15H,3,7-8,11-12,14H2,1-2H3,(H2,21,22,23,24,27). The van der Waals surface area contributed by atoms with Crippen LogP contribution in [0.3, 0.4) is 0 Å². The molecule has 3 rings (SSSR count). The summed E-state index contributed by atoms with van der Waals surface area (Å²) in [5.41, 5.74) is 0. The number of hydrogen-bond donors (Lipinski definition) is 2. The van der Waals surface area contributed by atoms with Gasteiger partial charge in [-0.3, -0.25) is 0 Å². The molecule has 0 radical (unpaired) electrons. The summed E-state index contributed by atoms with van der Waals surface area (Å²) >= 11 is 5.34. The van der Waals surface area contributed by atoms with Crippen LogP contribution in [0.2, 0.25) is 0 Å². The highest BCUT2D eigenvalue weighted by Gasteiger charge is 2.20. The Morgan fingerprint density at radius 3 is 2.85 bits per heavy atom. The van der Waals surface area contributed by atoms with Gasteiger partial charge in [0.15, 0.2) is 5.11 Å². The maximum absolute atomic E-state index is 5.96. The molecular weight excluding hydrogens is 358 g/mol. The zero-order valence-corrected chi connectivity index (χ0v) is 16.8. The molecule has 1 atom stereocenters. The van der Waals surface area contributed by atoms with Crippen LogP contribution in [-0.4, -0.2) is 34.7 Å². The first-order valence-electron chi connectivity index (χ1n) is 9.56. The molecule has 1 fully saturated rings. The molecule has 1 aromatic heterocycles. The highest BCUT2D eigenvalue weighted by molar-refractivity contribution is 7.80. The van der Waals surface area contributed by atoms with E-state index in [4.69, 9.17) is 17.0 Å². The van der Waals surface area contributed by atoms with E-state index in [-0.39, 0.29) is 0 Å². The van der Waals surface area contributed by atoms with Crippen molar-refractivity contribution in [1.29, 1.82) is 0 Å². The number of ether oxygens (including phenoxy) is 1. The van der Waals surface area contributed by atoms with Crippen molar-refractivity contribution in [3.63, 3.8) is 0 Å². The third-order valence-electron chi connectivity index (χ3n) is 4.40. The Morgan fingerprint density at radius 1 is 1.30 bits per heavy atom. The molecule has 0 aliphatic carbocycles. The van der Waals surface area contributed by atoms with Crippen molar-refractivity contribution < 1.29 is 4.74 Å². The number of rotatable bonds is 6. The molecule has 1 aromatic carbocycles. The third-order valence-corrected chi connectivity index (χ3v) is 4.64. The molecule has 144 valence electrons. The normalized spacial score (nSPS) is 16.7. The first-order valence-corrected chi connectivity index (χ1v) is 9.96. The number of aromatic nitrogens is 2. The maximum Gasteiger partial charge on any atom is 0.234 e. The van der Waals surface area contributed by atoms with E-state index in [1.165, 1.54) is 12.8 Å². The van der Waals surface area contributed by atoms with Gasteiger partial charge >= 0.3 is 0 Å². The fraction of sp³-hybridized carbons (Fsp3) is 0.450. The van der Waals surface area contributed by atoms with E-state index in [1.54, 1.807) is 0 Å². The van der Waals surface area contributed by atoms with Gasteiger partial charge in [-0.05, 0) is 49.5 Å². The van der Waals surface area contributed by atoms with Crippen LogP contribution in [0.15, 0.2) is 36.4 Å². The van der Waals surface area contributed by atoms with Crippen LogP contribution in [0.4, 0.5) is 11.8 Å². The zero-order chi connectivity index (χ0) is 19.1. The predicted molar refractivity (Wildman–Crippen MR) is 114 cm³/mol. The van der Waals surface area contributed by atoms with Gasteiger partial charge in [-0.15, -0.1) is 0 Å². The fourth-order valence-electron chi connectivity index (χ4n) is 3.07. The second-order valence-corrected chi connectivity index (χ2v) is 7.29. The van der Waals surface area contributed by atoms with Crippen LogP contribution in [0.5, 0.6) is 11.6 Å². The van der Waals surface area contributed by atoms with Crippen molar-refractivity contribution in [2.75, 3.05) is 29.9 Å². The van der Waals surface area contributed by atoms with E-state index in [0.29, 0.717) is 22.9 Å². The highest BCUT2D eigenvalue weighted by atomic mass is 32.1. The summed E-state index contributed by atoms with van der Waals surface area (Å²) in [6, 6.07) is 11.5. The third kappa shape index (κ3) is 5.79. The Hall–Kier alpha value is -2.41. The van der Waals surface area contributed by atoms with E-state index in [1.807, 2.05) is 36.4 Å². The van der Waals surface area contributed by atoms with Gasteiger partial charge in [-0.2, -0.15) is 9.97 Å². The zero-order valence-electron chi connectivity index (χ0n) is 15.9. The molecule has 1 aliphatic heterocycles. The second kappa shape index (κ2) is 9.50. The lowest BCUT2D eigenvalue weighted by Gasteiger charge is -2.32. The van der Waals surface area contributed by atoms with Crippen LogP contribution in [0, 0.1) is 5.92 Å². The minimum atomic E-state index is 0.449. The van der Waals surface area contributed by atoms with Crippen molar-refractivity contribution in [3.8, 4) is 11.6 Å². The number of para-hydroxylation sites is 1. The molecule has 0 saturated carbocycles. The minimum absolute atomic E-state index is 0.449. The number of anilines is 2. The van der Waals surface area contributed by atoms with Crippen LogP contribution in [-0.2, 0) is 0 Å². The minimum Gasteiger partial charge on any atom is -0.439 e. The van der Waals surface area contributed by atoms with Crippen LogP contribution in [0.1, 0.15) is 33.1 Å². The van der Waals surface area contributed by atoms with Crippen molar-refractivity contribution >= 4 is 29.1 Å². The predicted octanol–water partition coefficient (Wildman–Crippen LogP) is 4.20. The Kier molecular flexibility index (Phi) is 6.81. The second-order valence-electron chi connectivity index (χ2n) is 6.88. The molecule has 7 heteroatoms. The molecule has 0 amide bonds. The molecule has 1 saturated heterocycles. The van der Waals surface area contributed by atoms with Gasteiger partial charge in [0.05, 0.1) is 0 Å². The van der Waals surface area contributed by atoms with Gasteiger partial charge in [0.2, 0.25) is 11.8 Å². The van der Waals surface area contributed by atoms with E-state index in [0.717, 1.165) is 37.6 Å². The molecule has 1 aliphatic rings. The average molecular weight is 386 g/mol. The average Bonchev–Trinajstić information content (AvgIpc) is 2.67. The van der Waals surface area contributed by atoms with Gasteiger partial charge in [0, 0.05) is 25.7 Å². The van der Waals surface area contributed by atoms with E-state index in [2.05, 4.69) is 39.3 Å². The summed E-state index contributed by atoms with van der Waals surface area (Å²) in [5.74, 6) is 3.21. The molecule has 6 nitrogen and oxygen atoms in total. The van der Waals surface area contributed by atoms with Crippen LogP contribution >= 0.6 is 12.2 Å². The number of benzene rings is 1. The molecule has 2 aromatic rings. The Morgan fingerprint density at radius 2 is 2.11 bits per heavy atom. The topological polar surface area (TPSA) is 62.3 Å². The number of nitrogens with zero attached hydrogens (tertiary/aromatic N) is 3. The first-order chi connectivity index (χ1) is 13.1. The smallest absolute Gasteiger partial charge is 0.234 e. The lowest BCUT2D eigenvalue weighted by atomic mass is 10.0. The largest absolute Gasteiger partial charge is 0.439 e. The van der Waals surface area contributed by atoms with E-state index in [9.17, 15) is 0 Å². The van der Waals surface area contributed by atoms with Crippen molar-refractivity contribution in [2.45, 2.75) is 33.1 Å². The van der Waals surface area contributed by atoms with Crippen molar-refractivity contribution in [3.05, 3.63) is 36.4 Å². The van der Waals surface area contributed by atoms with Crippen molar-refractivity contribution in [1.82, 2.24) is 15.3 Å². The highest BCUT2D eigenvalue weighted by Crippen LogP contribution is 2.27. The summed E-state index contributed by atoms with van der Waals surface area (Å²) in [6.45, 7) is 7.15. The summed E-state index contributed by atoms with van der Waals surface area (Å²) in [7, 11) is 0. The number of nitrogens with one attached hydrogen (secondary N) is 2. The quantitative estimate of drug-likeness (QED) is 0.723. The number of piperidine rings is 1. The Balaban J connectivity index is 1.83. The maximum atomic E-state index is 5.96. The van der Waals surface area contributed by atoms with E-state index >= 15 is 0 Å². The molecule has 0 spiro atoms. The molecule has 0 bridgehead atoms. The van der Waals surface area contributed by atoms with Gasteiger partial charge < -0.3 is 20.3 Å². The monoisotopic (exact) mass is 385 g/mol. The van der Waals surface area contributed by atoms with Crippen LogP contribution in [0.25, 0.3) is 0 Å². The lowest BCUT2D eigenvalue weighted by Crippen LogP contribution is -2.35. The molecule has 2 N–H and O–H groups in total. The SMILES string of the molecule is CCCNC(=S)Nc1nc(Oc2ccccc2)cc(N2CCCC(C)C2)n1. The molecule has 1 unspecified atom stereocenters. The van der Waals surface area contributed by atoms with Crippen LogP contribution < -0.4 is 20.3 Å². The summed E-state index contributed by atoms with van der Waals surface area (Å²) in [5, 5.41) is 6.75. The summed E-state index contributed by atoms with van der Waals surface area (Å²) in [4.78, 5) is 11.5. The summed E-state index contributed by atoms with van der Waals surface area (Å²) in [6.07, 6.45) is 3.42. The number of thiocarbonyl (C=S) groups is 1. The van der Waals surface area contributed by atoms with Gasteiger partial charge in [0.25, 0.3) is 0 Å². The van der Waals surface area contributed by atoms with Gasteiger partial charge in [0.1, 0.15) is 11.6 Å². The molecular formula is C20H27N5OS. The van der Waals surface area contributed by atoms with Gasteiger partial charge in [-0.25, -0.2) is 0 Å². The summed E-state index contributed by atoms with van der Waals surface area (Å²) < 4.78 is 5.96. The Labute approximate surface area is 166 Å². The van der Waals surface area contributed by atoms with E-state index < -0.39 is 0 Å². The molecule has 27 heavy (non-hydrogen) atoms. The fourth-order valence-corrected chi connectivity index (χ4v) is 3.27. The van der Waals surface area contributed by atoms with Crippen molar-refractivity contribution in [2.24, 2.45) is 5.92 Å². The lowest BCUT2D eigenvalue weighted by molar-refractivity contribution is 0.440. The number of hydrogen-bond acceptors (Lipinski definition) is 5.